The first-order chi connectivity index (χ1) is 6.68. The third-order valence-corrected chi connectivity index (χ3v) is 2.11. The van der Waals surface area contributed by atoms with Crippen LogP contribution in [0.4, 0.5) is 0 Å². The summed E-state index contributed by atoms with van der Waals surface area (Å²) in [6.45, 7) is 2.98. The first-order valence-electron chi connectivity index (χ1n) is 4.92. The fourth-order valence-electron chi connectivity index (χ4n) is 1.26. The topological polar surface area (TPSA) is 6.48 Å². The van der Waals surface area contributed by atoms with Gasteiger partial charge in [-0.15, -0.1) is 0 Å². The van der Waals surface area contributed by atoms with Crippen molar-refractivity contribution in [1.29, 1.82) is 0 Å². The zero-order chi connectivity index (χ0) is 10.4. The number of likely N-dealkylation sites (N-methyl/N-ethyl adjacent to an activating group) is 1. The second-order valence-electron chi connectivity index (χ2n) is 3.84. The van der Waals surface area contributed by atoms with Crippen LogP contribution in [0.5, 0.6) is 0 Å². The molecule has 2 nitrogen and oxygen atoms in total. The summed E-state index contributed by atoms with van der Waals surface area (Å²) in [5, 5.41) is 0. The quantitative estimate of drug-likeness (QED) is 0.655. The fourth-order valence-corrected chi connectivity index (χ4v) is 1.26. The predicted octanol–water partition coefficient (Wildman–Crippen LogP) is 1.84. The van der Waals surface area contributed by atoms with E-state index in [9.17, 15) is 0 Å². The van der Waals surface area contributed by atoms with Crippen LogP contribution >= 0.6 is 0 Å². The highest BCUT2D eigenvalue weighted by molar-refractivity contribution is 5.14. The van der Waals surface area contributed by atoms with Crippen molar-refractivity contribution in [3.05, 3.63) is 42.9 Å². The molecule has 0 saturated carbocycles. The number of hydrogen-bond donors (Lipinski definition) is 0. The van der Waals surface area contributed by atoms with Crippen LogP contribution < -0.4 is 0 Å². The van der Waals surface area contributed by atoms with E-state index in [1.807, 2.05) is 6.07 Å². The maximum absolute atomic E-state index is 4.01. The molecule has 2 heteroatoms. The standard InChI is InChI=1S/C12H19N2/c1-13(2)9-10-14(3)11-12-7-5-4-6-8-12/h4-8H,3,9-11H2,1-2H3/q-1. The molecule has 1 aromatic rings. The molecule has 0 unspecified atom stereocenters. The summed E-state index contributed by atoms with van der Waals surface area (Å²) in [5.74, 6) is 0. The summed E-state index contributed by atoms with van der Waals surface area (Å²) in [4.78, 5) is 4.26. The van der Waals surface area contributed by atoms with Gasteiger partial charge in [-0.05, 0) is 32.7 Å². The van der Waals surface area contributed by atoms with Gasteiger partial charge in [-0.1, -0.05) is 30.3 Å². The average molecular weight is 191 g/mol. The molecule has 0 radical (unpaired) electrons. The molecule has 1 rings (SSSR count). The highest BCUT2D eigenvalue weighted by Crippen LogP contribution is 2.02. The van der Waals surface area contributed by atoms with Gasteiger partial charge in [0.15, 0.2) is 0 Å². The largest absolute Gasteiger partial charge is 0.454 e. The molecule has 0 bridgehead atoms. The van der Waals surface area contributed by atoms with Gasteiger partial charge in [-0.25, -0.2) is 0 Å². The minimum absolute atomic E-state index is 0.925. The lowest BCUT2D eigenvalue weighted by Crippen LogP contribution is -2.26. The average Bonchev–Trinajstić information content (AvgIpc) is 2.16. The SMILES string of the molecule is [CH2-]N(CCN(C)C)Cc1ccccc1. The Hall–Kier alpha value is -0.860. The molecule has 0 aliphatic carbocycles. The molecular formula is C12H19N2-. The summed E-state index contributed by atoms with van der Waals surface area (Å²) in [6, 6.07) is 10.4. The van der Waals surface area contributed by atoms with Gasteiger partial charge < -0.3 is 9.80 Å². The first-order valence-corrected chi connectivity index (χ1v) is 4.92. The lowest BCUT2D eigenvalue weighted by atomic mass is 10.2. The Morgan fingerprint density at radius 1 is 1.07 bits per heavy atom. The van der Waals surface area contributed by atoms with Crippen molar-refractivity contribution in [1.82, 2.24) is 9.80 Å². The van der Waals surface area contributed by atoms with Crippen LogP contribution in [-0.4, -0.2) is 37.0 Å². The van der Waals surface area contributed by atoms with Crippen molar-refractivity contribution >= 4 is 0 Å². The van der Waals surface area contributed by atoms with Crippen molar-refractivity contribution in [3.63, 3.8) is 0 Å². The summed E-state index contributed by atoms with van der Waals surface area (Å²) in [6.07, 6.45) is 0. The third-order valence-electron chi connectivity index (χ3n) is 2.11. The van der Waals surface area contributed by atoms with E-state index in [0.29, 0.717) is 0 Å². The number of rotatable bonds is 5. The molecule has 0 amide bonds. The zero-order valence-corrected chi connectivity index (χ0v) is 9.11. The van der Waals surface area contributed by atoms with Gasteiger partial charge in [0.05, 0.1) is 0 Å². The van der Waals surface area contributed by atoms with Crippen molar-refractivity contribution in [2.45, 2.75) is 6.54 Å². The summed E-state index contributed by atoms with van der Waals surface area (Å²) < 4.78 is 0. The van der Waals surface area contributed by atoms with E-state index in [1.54, 1.807) is 0 Å². The molecule has 0 saturated heterocycles. The third kappa shape index (κ3) is 4.40. The zero-order valence-electron chi connectivity index (χ0n) is 9.11. The maximum atomic E-state index is 4.01. The van der Waals surface area contributed by atoms with Gasteiger partial charge in [-0.3, -0.25) is 7.05 Å². The smallest absolute Gasteiger partial charge is 0.00791 e. The number of benzene rings is 1. The highest BCUT2D eigenvalue weighted by atomic mass is 15.1. The van der Waals surface area contributed by atoms with E-state index in [1.165, 1.54) is 5.56 Å². The molecule has 1 aromatic carbocycles. The van der Waals surface area contributed by atoms with Gasteiger partial charge >= 0.3 is 0 Å². The van der Waals surface area contributed by atoms with Gasteiger partial charge in [0.2, 0.25) is 0 Å². The normalized spacial score (nSPS) is 11.2. The molecule has 14 heavy (non-hydrogen) atoms. The van der Waals surface area contributed by atoms with Crippen molar-refractivity contribution in [2.24, 2.45) is 0 Å². The monoisotopic (exact) mass is 191 g/mol. The van der Waals surface area contributed by atoms with Crippen LogP contribution in [0.3, 0.4) is 0 Å². The Kier molecular flexibility index (Phi) is 4.63. The van der Waals surface area contributed by atoms with Crippen LogP contribution in [0, 0.1) is 7.05 Å². The van der Waals surface area contributed by atoms with Crippen LogP contribution in [0.15, 0.2) is 30.3 Å². The van der Waals surface area contributed by atoms with E-state index < -0.39 is 0 Å². The van der Waals surface area contributed by atoms with Gasteiger partial charge in [-0.2, -0.15) is 0 Å². The Labute approximate surface area is 87.1 Å². The van der Waals surface area contributed by atoms with Gasteiger partial charge in [0, 0.05) is 6.54 Å². The first kappa shape index (κ1) is 11.2. The van der Waals surface area contributed by atoms with Gasteiger partial charge in [0.25, 0.3) is 0 Å². The minimum Gasteiger partial charge on any atom is -0.454 e. The van der Waals surface area contributed by atoms with Crippen LogP contribution in [0.1, 0.15) is 5.56 Å². The lowest BCUT2D eigenvalue weighted by molar-refractivity contribution is 0.299. The maximum Gasteiger partial charge on any atom is 0.00791 e. The van der Waals surface area contributed by atoms with E-state index in [0.717, 1.165) is 19.6 Å². The molecule has 0 atom stereocenters. The second-order valence-corrected chi connectivity index (χ2v) is 3.84. The van der Waals surface area contributed by atoms with Crippen LogP contribution in [-0.2, 0) is 6.54 Å². The molecule has 78 valence electrons. The molecular weight excluding hydrogens is 172 g/mol. The van der Waals surface area contributed by atoms with Crippen LogP contribution in [0.25, 0.3) is 0 Å². The lowest BCUT2D eigenvalue weighted by Gasteiger charge is -2.26. The molecule has 0 aromatic heterocycles. The fraction of sp³-hybridized carbons (Fsp3) is 0.417. The molecule has 0 spiro atoms. The van der Waals surface area contributed by atoms with Gasteiger partial charge in [0.1, 0.15) is 0 Å². The summed E-state index contributed by atoms with van der Waals surface area (Å²) in [7, 11) is 8.17. The molecule has 0 N–H and O–H groups in total. The van der Waals surface area contributed by atoms with Crippen LogP contribution in [0.2, 0.25) is 0 Å². The highest BCUT2D eigenvalue weighted by Gasteiger charge is 1.94. The van der Waals surface area contributed by atoms with Crippen molar-refractivity contribution < 1.29 is 0 Å². The summed E-state index contributed by atoms with van der Waals surface area (Å²) in [5.41, 5.74) is 1.32. The van der Waals surface area contributed by atoms with E-state index in [4.69, 9.17) is 0 Å². The Morgan fingerprint density at radius 3 is 2.29 bits per heavy atom. The number of nitrogens with zero attached hydrogens (tertiary/aromatic N) is 2. The molecule has 0 fully saturated rings. The molecule has 0 aliphatic heterocycles. The summed E-state index contributed by atoms with van der Waals surface area (Å²) >= 11 is 0. The second kappa shape index (κ2) is 5.78. The Morgan fingerprint density at radius 2 is 1.71 bits per heavy atom. The molecule has 0 aliphatic rings. The predicted molar refractivity (Wildman–Crippen MR) is 60.8 cm³/mol. The van der Waals surface area contributed by atoms with Crippen molar-refractivity contribution in [3.8, 4) is 0 Å². The van der Waals surface area contributed by atoms with E-state index >= 15 is 0 Å². The van der Waals surface area contributed by atoms with E-state index in [-0.39, 0.29) is 0 Å². The Balaban J connectivity index is 2.30. The van der Waals surface area contributed by atoms with Crippen molar-refractivity contribution in [2.75, 3.05) is 27.2 Å². The Bertz CT molecular complexity index is 244. The molecule has 0 heterocycles. The minimum atomic E-state index is 0.925. The van der Waals surface area contributed by atoms with E-state index in [2.05, 4.69) is 55.2 Å². The number of hydrogen-bond acceptors (Lipinski definition) is 2.